The minimum Gasteiger partial charge on any atom is -0.376 e. The molecule has 3 heteroatoms. The molecule has 0 saturated heterocycles. The van der Waals surface area contributed by atoms with Gasteiger partial charge >= 0.3 is 0 Å². The van der Waals surface area contributed by atoms with Crippen molar-refractivity contribution in [2.75, 3.05) is 0 Å². The Hall–Kier alpha value is 0.540. The molecule has 0 radical (unpaired) electrons. The first-order valence-corrected chi connectivity index (χ1v) is 7.80. The Morgan fingerprint density at radius 3 is 1.41 bits per heavy atom. The maximum Gasteiger partial charge on any atom is 0.0551 e. The maximum absolute atomic E-state index is 6.09. The average Bonchev–Trinajstić information content (AvgIpc) is 2.32. The SMILES string of the molecule is CCC(Cl)CCC(C)OC(C)CCC(Cl)CC. The van der Waals surface area contributed by atoms with Crippen LogP contribution in [0.5, 0.6) is 0 Å². The monoisotopic (exact) mass is 282 g/mol. The van der Waals surface area contributed by atoms with E-state index in [9.17, 15) is 0 Å². The summed E-state index contributed by atoms with van der Waals surface area (Å²) in [6.45, 7) is 8.51. The van der Waals surface area contributed by atoms with Crippen LogP contribution in [-0.4, -0.2) is 23.0 Å². The van der Waals surface area contributed by atoms with Crippen LogP contribution in [0.25, 0.3) is 0 Å². The maximum atomic E-state index is 6.09. The normalized spacial score (nSPS) is 18.7. The van der Waals surface area contributed by atoms with Crippen LogP contribution in [0.3, 0.4) is 0 Å². The van der Waals surface area contributed by atoms with Gasteiger partial charge in [0.25, 0.3) is 0 Å². The minimum absolute atomic E-state index is 0.295. The van der Waals surface area contributed by atoms with E-state index in [-0.39, 0.29) is 0 Å². The van der Waals surface area contributed by atoms with Crippen LogP contribution < -0.4 is 0 Å². The molecule has 0 N–H and O–H groups in total. The predicted molar refractivity (Wildman–Crippen MR) is 78.3 cm³/mol. The van der Waals surface area contributed by atoms with Gasteiger partial charge in [-0.05, 0) is 52.4 Å². The van der Waals surface area contributed by atoms with E-state index in [1.54, 1.807) is 0 Å². The molecule has 0 amide bonds. The number of ether oxygens (including phenoxy) is 1. The molecule has 0 heterocycles. The highest BCUT2D eigenvalue weighted by Gasteiger charge is 2.12. The van der Waals surface area contributed by atoms with Gasteiger partial charge < -0.3 is 4.74 Å². The smallest absolute Gasteiger partial charge is 0.0551 e. The molecule has 0 rings (SSSR count). The van der Waals surface area contributed by atoms with Gasteiger partial charge in [-0.2, -0.15) is 0 Å². The first-order chi connectivity index (χ1) is 7.99. The highest BCUT2D eigenvalue weighted by atomic mass is 35.5. The third-order valence-corrected chi connectivity index (χ3v) is 4.18. The fourth-order valence-corrected chi connectivity index (χ4v) is 2.02. The third kappa shape index (κ3) is 10.2. The number of hydrogen-bond donors (Lipinski definition) is 0. The van der Waals surface area contributed by atoms with Crippen LogP contribution in [0.15, 0.2) is 0 Å². The van der Waals surface area contributed by atoms with Gasteiger partial charge in [-0.25, -0.2) is 0 Å². The zero-order valence-corrected chi connectivity index (χ0v) is 13.2. The average molecular weight is 283 g/mol. The topological polar surface area (TPSA) is 9.23 Å². The van der Waals surface area contributed by atoms with Crippen molar-refractivity contribution < 1.29 is 4.74 Å². The van der Waals surface area contributed by atoms with Crippen molar-refractivity contribution in [3.63, 3.8) is 0 Å². The molecule has 4 unspecified atom stereocenters. The van der Waals surface area contributed by atoms with E-state index in [1.165, 1.54) is 0 Å². The molecule has 0 aromatic carbocycles. The molecular formula is C14H28Cl2O. The van der Waals surface area contributed by atoms with Gasteiger partial charge in [0, 0.05) is 10.8 Å². The Kier molecular flexibility index (Phi) is 10.8. The molecule has 4 atom stereocenters. The first kappa shape index (κ1) is 17.5. The zero-order valence-electron chi connectivity index (χ0n) is 11.7. The van der Waals surface area contributed by atoms with Crippen molar-refractivity contribution in [2.24, 2.45) is 0 Å². The molecule has 0 aliphatic rings. The van der Waals surface area contributed by atoms with Crippen LogP contribution in [-0.2, 0) is 4.74 Å². The van der Waals surface area contributed by atoms with Crippen molar-refractivity contribution >= 4 is 23.2 Å². The molecule has 0 aliphatic heterocycles. The summed E-state index contributed by atoms with van der Waals surface area (Å²) in [6, 6.07) is 0. The van der Waals surface area contributed by atoms with Crippen molar-refractivity contribution in [1.29, 1.82) is 0 Å². The fourth-order valence-electron chi connectivity index (χ4n) is 1.77. The van der Waals surface area contributed by atoms with Crippen LogP contribution in [0, 0.1) is 0 Å². The Balaban J connectivity index is 3.61. The third-order valence-electron chi connectivity index (χ3n) is 3.12. The second-order valence-electron chi connectivity index (χ2n) is 4.92. The summed E-state index contributed by atoms with van der Waals surface area (Å²) in [5.41, 5.74) is 0. The van der Waals surface area contributed by atoms with E-state index in [1.807, 2.05) is 0 Å². The fraction of sp³-hybridized carbons (Fsp3) is 1.00. The minimum atomic E-state index is 0.295. The zero-order chi connectivity index (χ0) is 13.3. The molecule has 1 nitrogen and oxygen atoms in total. The molecule has 17 heavy (non-hydrogen) atoms. The van der Waals surface area contributed by atoms with Crippen molar-refractivity contribution in [3.05, 3.63) is 0 Å². The van der Waals surface area contributed by atoms with Crippen molar-refractivity contribution in [3.8, 4) is 0 Å². The van der Waals surface area contributed by atoms with E-state index in [4.69, 9.17) is 27.9 Å². The van der Waals surface area contributed by atoms with Crippen molar-refractivity contribution in [2.45, 2.75) is 89.2 Å². The Morgan fingerprint density at radius 1 is 0.765 bits per heavy atom. The van der Waals surface area contributed by atoms with Crippen LogP contribution >= 0.6 is 23.2 Å². The largest absolute Gasteiger partial charge is 0.376 e. The molecule has 0 spiro atoms. The van der Waals surface area contributed by atoms with Crippen LogP contribution in [0.4, 0.5) is 0 Å². The predicted octanol–water partition coefficient (Wildman–Crippen LogP) is 5.38. The van der Waals surface area contributed by atoms with Crippen molar-refractivity contribution in [1.82, 2.24) is 0 Å². The molecule has 0 aromatic rings. The highest BCUT2D eigenvalue weighted by molar-refractivity contribution is 6.20. The van der Waals surface area contributed by atoms with Crippen LogP contribution in [0.1, 0.15) is 66.2 Å². The van der Waals surface area contributed by atoms with Gasteiger partial charge in [-0.3, -0.25) is 0 Å². The first-order valence-electron chi connectivity index (χ1n) is 6.93. The van der Waals surface area contributed by atoms with E-state index in [0.29, 0.717) is 23.0 Å². The lowest BCUT2D eigenvalue weighted by atomic mass is 10.1. The summed E-state index contributed by atoms with van der Waals surface area (Å²) in [5, 5.41) is 0.590. The summed E-state index contributed by atoms with van der Waals surface area (Å²) in [7, 11) is 0. The summed E-state index contributed by atoms with van der Waals surface area (Å²) < 4.78 is 5.92. The van der Waals surface area contributed by atoms with E-state index in [0.717, 1.165) is 38.5 Å². The summed E-state index contributed by atoms with van der Waals surface area (Å²) >= 11 is 12.2. The number of rotatable bonds is 10. The number of alkyl halides is 2. The molecule has 0 bridgehead atoms. The molecule has 0 aromatic heterocycles. The van der Waals surface area contributed by atoms with Gasteiger partial charge in [0.15, 0.2) is 0 Å². The highest BCUT2D eigenvalue weighted by Crippen LogP contribution is 2.17. The Bertz CT molecular complexity index is 158. The lowest BCUT2D eigenvalue weighted by Crippen LogP contribution is -2.19. The molecular weight excluding hydrogens is 255 g/mol. The number of hydrogen-bond acceptors (Lipinski definition) is 1. The van der Waals surface area contributed by atoms with Gasteiger partial charge in [-0.1, -0.05) is 13.8 Å². The molecule has 104 valence electrons. The summed E-state index contributed by atoms with van der Waals surface area (Å²) in [6.07, 6.45) is 6.84. The number of halogens is 2. The second kappa shape index (κ2) is 10.5. The van der Waals surface area contributed by atoms with Gasteiger partial charge in [0.2, 0.25) is 0 Å². The van der Waals surface area contributed by atoms with E-state index in [2.05, 4.69) is 27.7 Å². The van der Waals surface area contributed by atoms with Crippen LogP contribution in [0.2, 0.25) is 0 Å². The quantitative estimate of drug-likeness (QED) is 0.489. The Labute approximate surface area is 117 Å². The summed E-state index contributed by atoms with van der Waals surface area (Å²) in [5.74, 6) is 0. The summed E-state index contributed by atoms with van der Waals surface area (Å²) in [4.78, 5) is 0. The van der Waals surface area contributed by atoms with E-state index >= 15 is 0 Å². The van der Waals surface area contributed by atoms with Gasteiger partial charge in [0.1, 0.15) is 0 Å². The standard InChI is InChI=1S/C14H28Cl2O/c1-5-13(15)9-7-11(3)17-12(4)8-10-14(16)6-2/h11-14H,5-10H2,1-4H3. The molecule has 0 aliphatic carbocycles. The lowest BCUT2D eigenvalue weighted by Gasteiger charge is -2.20. The molecule has 0 fully saturated rings. The molecule has 0 saturated carbocycles. The van der Waals surface area contributed by atoms with Gasteiger partial charge in [-0.15, -0.1) is 23.2 Å². The van der Waals surface area contributed by atoms with E-state index < -0.39 is 0 Å². The lowest BCUT2D eigenvalue weighted by molar-refractivity contribution is -0.00196. The van der Waals surface area contributed by atoms with Gasteiger partial charge in [0.05, 0.1) is 12.2 Å². The Morgan fingerprint density at radius 2 is 1.12 bits per heavy atom. The second-order valence-corrected chi connectivity index (χ2v) is 6.16.